The summed E-state index contributed by atoms with van der Waals surface area (Å²) in [6.45, 7) is 5.12. The number of carbonyl (C=O) groups is 1. The van der Waals surface area contributed by atoms with Gasteiger partial charge in [0, 0.05) is 19.3 Å². The molecule has 1 heterocycles. The lowest BCUT2D eigenvalue weighted by atomic mass is 9.98. The quantitative estimate of drug-likeness (QED) is 0.710. The highest BCUT2D eigenvalue weighted by Crippen LogP contribution is 2.21. The van der Waals surface area contributed by atoms with Crippen LogP contribution < -0.4 is 15.4 Å². The first-order valence-corrected chi connectivity index (χ1v) is 8.93. The van der Waals surface area contributed by atoms with Crippen LogP contribution in [0.2, 0.25) is 0 Å². The average Bonchev–Trinajstić information content (AvgIpc) is 2.57. The zero-order chi connectivity index (χ0) is 17.2. The van der Waals surface area contributed by atoms with Crippen molar-refractivity contribution in [3.05, 3.63) is 18.3 Å². The smallest absolute Gasteiger partial charge is 0.319 e. The number of carbonyl (C=O) groups excluding carboxylic acids is 1. The molecule has 2 N–H and O–H groups in total. The van der Waals surface area contributed by atoms with Gasteiger partial charge < -0.3 is 20.1 Å². The van der Waals surface area contributed by atoms with Gasteiger partial charge in [0.25, 0.3) is 0 Å². The predicted molar refractivity (Wildman–Crippen MR) is 94.5 cm³/mol. The lowest BCUT2D eigenvalue weighted by molar-refractivity contribution is 0.0276. The standard InChI is InChI=1S/C18H29N3O3/c1-14(2)24-17-16(10-6-11-19-17)21-18(22)20-12-7-13-23-15-8-4-3-5-9-15/h6,10-11,14-15H,3-5,7-9,12-13H2,1-2H3,(H2,20,21,22). The molecule has 1 saturated carbocycles. The van der Waals surface area contributed by atoms with Crippen LogP contribution in [0.1, 0.15) is 52.4 Å². The van der Waals surface area contributed by atoms with E-state index < -0.39 is 0 Å². The zero-order valence-electron chi connectivity index (χ0n) is 14.7. The lowest BCUT2D eigenvalue weighted by Crippen LogP contribution is -2.30. The minimum Gasteiger partial charge on any atom is -0.473 e. The molecule has 6 nitrogen and oxygen atoms in total. The van der Waals surface area contributed by atoms with Crippen LogP contribution in [0, 0.1) is 0 Å². The van der Waals surface area contributed by atoms with E-state index in [1.165, 1.54) is 32.1 Å². The van der Waals surface area contributed by atoms with Crippen LogP contribution in [-0.2, 0) is 4.74 Å². The van der Waals surface area contributed by atoms with E-state index in [0.29, 0.717) is 30.8 Å². The van der Waals surface area contributed by atoms with Gasteiger partial charge in [-0.25, -0.2) is 9.78 Å². The molecule has 0 atom stereocenters. The van der Waals surface area contributed by atoms with Crippen molar-refractivity contribution in [2.75, 3.05) is 18.5 Å². The Morgan fingerprint density at radius 1 is 1.33 bits per heavy atom. The molecule has 0 radical (unpaired) electrons. The highest BCUT2D eigenvalue weighted by molar-refractivity contribution is 5.90. The van der Waals surface area contributed by atoms with Crippen LogP contribution in [0.4, 0.5) is 10.5 Å². The molecule has 2 amide bonds. The van der Waals surface area contributed by atoms with Gasteiger partial charge >= 0.3 is 6.03 Å². The van der Waals surface area contributed by atoms with E-state index in [4.69, 9.17) is 9.47 Å². The Bertz CT molecular complexity index is 502. The van der Waals surface area contributed by atoms with Gasteiger partial charge in [-0.3, -0.25) is 0 Å². The molecule has 2 rings (SSSR count). The lowest BCUT2D eigenvalue weighted by Gasteiger charge is -2.21. The third-order valence-corrected chi connectivity index (χ3v) is 3.88. The highest BCUT2D eigenvalue weighted by Gasteiger charge is 2.13. The van der Waals surface area contributed by atoms with E-state index in [0.717, 1.165) is 6.42 Å². The molecule has 0 unspecified atom stereocenters. The molecule has 0 saturated heterocycles. The van der Waals surface area contributed by atoms with Crippen LogP contribution >= 0.6 is 0 Å². The van der Waals surface area contributed by atoms with E-state index in [2.05, 4.69) is 15.6 Å². The second-order valence-corrected chi connectivity index (χ2v) is 6.39. The Morgan fingerprint density at radius 3 is 2.88 bits per heavy atom. The summed E-state index contributed by atoms with van der Waals surface area (Å²) < 4.78 is 11.4. The van der Waals surface area contributed by atoms with Crippen molar-refractivity contribution in [2.45, 2.75) is 64.6 Å². The molecule has 134 valence electrons. The molecular formula is C18H29N3O3. The minimum absolute atomic E-state index is 0.000414. The number of amides is 2. The molecule has 1 fully saturated rings. The first kappa shape index (κ1) is 18.5. The normalized spacial score (nSPS) is 15.3. The second-order valence-electron chi connectivity index (χ2n) is 6.39. The van der Waals surface area contributed by atoms with Gasteiger partial charge in [-0.2, -0.15) is 0 Å². The molecule has 1 aromatic rings. The summed E-state index contributed by atoms with van der Waals surface area (Å²) in [6.07, 6.45) is 9.10. The fraction of sp³-hybridized carbons (Fsp3) is 0.667. The Hall–Kier alpha value is -1.82. The average molecular weight is 335 g/mol. The van der Waals surface area contributed by atoms with Crippen LogP contribution in [0.15, 0.2) is 18.3 Å². The van der Waals surface area contributed by atoms with E-state index in [-0.39, 0.29) is 12.1 Å². The second kappa shape index (κ2) is 10.1. The summed E-state index contributed by atoms with van der Waals surface area (Å²) in [6, 6.07) is 3.28. The summed E-state index contributed by atoms with van der Waals surface area (Å²) in [5, 5.41) is 5.61. The topological polar surface area (TPSA) is 72.5 Å². The third-order valence-electron chi connectivity index (χ3n) is 3.88. The number of urea groups is 1. The fourth-order valence-corrected chi connectivity index (χ4v) is 2.73. The fourth-order valence-electron chi connectivity index (χ4n) is 2.73. The van der Waals surface area contributed by atoms with Crippen molar-refractivity contribution >= 4 is 11.7 Å². The molecule has 0 spiro atoms. The van der Waals surface area contributed by atoms with Gasteiger partial charge in [0.05, 0.1) is 12.2 Å². The zero-order valence-corrected chi connectivity index (χ0v) is 14.7. The number of anilines is 1. The number of hydrogen-bond acceptors (Lipinski definition) is 4. The molecule has 1 aliphatic carbocycles. The molecule has 24 heavy (non-hydrogen) atoms. The summed E-state index contributed by atoms with van der Waals surface area (Å²) in [7, 11) is 0. The number of hydrogen-bond donors (Lipinski definition) is 2. The number of nitrogens with zero attached hydrogens (tertiary/aromatic N) is 1. The molecule has 6 heteroatoms. The van der Waals surface area contributed by atoms with E-state index in [1.807, 2.05) is 13.8 Å². The number of nitrogens with one attached hydrogen (secondary N) is 2. The van der Waals surface area contributed by atoms with Gasteiger partial charge in [-0.05, 0) is 45.2 Å². The van der Waals surface area contributed by atoms with Gasteiger partial charge in [0.15, 0.2) is 0 Å². The van der Waals surface area contributed by atoms with Crippen molar-refractivity contribution in [2.24, 2.45) is 0 Å². The van der Waals surface area contributed by atoms with E-state index >= 15 is 0 Å². The molecule has 1 aromatic heterocycles. The van der Waals surface area contributed by atoms with Gasteiger partial charge in [-0.1, -0.05) is 19.3 Å². The summed E-state index contributed by atoms with van der Waals surface area (Å²) in [4.78, 5) is 16.1. The number of ether oxygens (including phenoxy) is 2. The highest BCUT2D eigenvalue weighted by atomic mass is 16.5. The largest absolute Gasteiger partial charge is 0.473 e. The van der Waals surface area contributed by atoms with Crippen LogP contribution in [0.25, 0.3) is 0 Å². The predicted octanol–water partition coefficient (Wildman–Crippen LogP) is 3.73. The van der Waals surface area contributed by atoms with Crippen molar-refractivity contribution in [1.82, 2.24) is 10.3 Å². The van der Waals surface area contributed by atoms with E-state index in [9.17, 15) is 4.79 Å². The van der Waals surface area contributed by atoms with Gasteiger partial charge in [-0.15, -0.1) is 0 Å². The van der Waals surface area contributed by atoms with E-state index in [1.54, 1.807) is 18.3 Å². The van der Waals surface area contributed by atoms with Crippen LogP contribution in [0.3, 0.4) is 0 Å². The monoisotopic (exact) mass is 335 g/mol. The third kappa shape index (κ3) is 6.74. The Labute approximate surface area is 144 Å². The SMILES string of the molecule is CC(C)Oc1ncccc1NC(=O)NCCCOC1CCCCC1. The minimum atomic E-state index is -0.255. The first-order chi connectivity index (χ1) is 11.6. The Balaban J connectivity index is 1.64. The maximum absolute atomic E-state index is 12.0. The molecule has 1 aliphatic rings. The van der Waals surface area contributed by atoms with Crippen LogP contribution in [0.5, 0.6) is 5.88 Å². The summed E-state index contributed by atoms with van der Waals surface area (Å²) >= 11 is 0. The number of rotatable bonds is 8. The maximum Gasteiger partial charge on any atom is 0.319 e. The van der Waals surface area contributed by atoms with Gasteiger partial charge in [0.2, 0.25) is 5.88 Å². The maximum atomic E-state index is 12.0. The number of pyridine rings is 1. The van der Waals surface area contributed by atoms with Crippen molar-refractivity contribution in [3.8, 4) is 5.88 Å². The summed E-state index contributed by atoms with van der Waals surface area (Å²) in [5.74, 6) is 0.434. The van der Waals surface area contributed by atoms with Crippen molar-refractivity contribution in [1.29, 1.82) is 0 Å². The Kier molecular flexibility index (Phi) is 7.82. The van der Waals surface area contributed by atoms with Crippen molar-refractivity contribution in [3.63, 3.8) is 0 Å². The molecular weight excluding hydrogens is 306 g/mol. The molecule has 0 aromatic carbocycles. The van der Waals surface area contributed by atoms with Gasteiger partial charge in [0.1, 0.15) is 5.69 Å². The van der Waals surface area contributed by atoms with Crippen LogP contribution in [-0.4, -0.2) is 36.4 Å². The van der Waals surface area contributed by atoms with Crippen molar-refractivity contribution < 1.29 is 14.3 Å². The Morgan fingerprint density at radius 2 is 2.12 bits per heavy atom. The summed E-state index contributed by atoms with van der Waals surface area (Å²) in [5.41, 5.74) is 0.571. The molecule has 0 aliphatic heterocycles. The molecule has 0 bridgehead atoms. The number of aromatic nitrogens is 1. The first-order valence-electron chi connectivity index (χ1n) is 8.93.